The van der Waals surface area contributed by atoms with Crippen LogP contribution in [0.15, 0.2) is 48.5 Å². The molecule has 2 aromatic carbocycles. The molecule has 3 unspecified atom stereocenters. The largest absolute Gasteiger partial charge is 0.352 e. The maximum absolute atomic E-state index is 13.6. The van der Waals surface area contributed by atoms with Crippen LogP contribution in [0, 0.1) is 5.92 Å². The van der Waals surface area contributed by atoms with Gasteiger partial charge in [0, 0.05) is 73.8 Å². The Bertz CT molecular complexity index is 1160. The van der Waals surface area contributed by atoms with Crippen LogP contribution < -0.4 is 16.4 Å². The molecule has 216 valence electrons. The summed E-state index contributed by atoms with van der Waals surface area (Å²) in [6.45, 7) is 3.53. The van der Waals surface area contributed by atoms with E-state index >= 15 is 0 Å². The van der Waals surface area contributed by atoms with Crippen LogP contribution in [-0.2, 0) is 16.0 Å². The average molecular weight is 589 g/mol. The zero-order valence-corrected chi connectivity index (χ0v) is 24.3. The van der Waals surface area contributed by atoms with E-state index in [1.165, 1.54) is 6.42 Å². The highest BCUT2D eigenvalue weighted by atomic mass is 35.5. The normalized spacial score (nSPS) is 20.5. The molecule has 0 bridgehead atoms. The summed E-state index contributed by atoms with van der Waals surface area (Å²) in [6, 6.07) is 14.1. The molecule has 10 heteroatoms. The molecule has 1 saturated carbocycles. The summed E-state index contributed by atoms with van der Waals surface area (Å²) >= 11 is 12.4. The maximum Gasteiger partial charge on any atom is 0.251 e. The Morgan fingerprint density at radius 3 is 2.40 bits per heavy atom. The fourth-order valence-corrected chi connectivity index (χ4v) is 6.31. The summed E-state index contributed by atoms with van der Waals surface area (Å²) < 4.78 is 0. The second-order valence-electron chi connectivity index (χ2n) is 10.6. The molecule has 2 fully saturated rings. The molecular formula is C30H39Cl2N5O3. The minimum absolute atomic E-state index is 0.0381. The van der Waals surface area contributed by atoms with Gasteiger partial charge >= 0.3 is 0 Å². The Balaban J connectivity index is 1.36. The molecule has 1 heterocycles. The highest BCUT2D eigenvalue weighted by molar-refractivity contribution is 6.35. The van der Waals surface area contributed by atoms with Crippen molar-refractivity contribution in [2.45, 2.75) is 50.6 Å². The Morgan fingerprint density at radius 1 is 0.975 bits per heavy atom. The van der Waals surface area contributed by atoms with E-state index < -0.39 is 6.04 Å². The Labute approximate surface area is 246 Å². The molecular weight excluding hydrogens is 549 g/mol. The van der Waals surface area contributed by atoms with Crippen LogP contribution in [0.25, 0.3) is 0 Å². The molecule has 3 atom stereocenters. The summed E-state index contributed by atoms with van der Waals surface area (Å²) in [5.41, 5.74) is 6.99. The molecule has 1 saturated heterocycles. The van der Waals surface area contributed by atoms with Gasteiger partial charge in [-0.05, 0) is 48.6 Å². The number of halogens is 2. The maximum atomic E-state index is 13.6. The highest BCUT2D eigenvalue weighted by Gasteiger charge is 2.35. The summed E-state index contributed by atoms with van der Waals surface area (Å²) in [4.78, 5) is 43.0. The third-order valence-corrected chi connectivity index (χ3v) is 8.56. The molecule has 40 heavy (non-hydrogen) atoms. The van der Waals surface area contributed by atoms with E-state index in [4.69, 9.17) is 28.9 Å². The lowest BCUT2D eigenvalue weighted by atomic mass is 9.83. The standard InChI is InChI=1S/C30H39Cl2N5O3/c31-24-11-10-22(25(32)19-24)18-26(35-28(38)12-13-33)30(40)37-16-14-36(15-17-37)27-9-5-4-8-23(27)20-34-29(39)21-6-2-1-3-7-21/h1-3,6-7,10-11,19,23,26-27H,4-5,8-9,12-18,20,33H2,(H,34,39)(H,35,38). The van der Waals surface area contributed by atoms with Crippen molar-refractivity contribution >= 4 is 40.9 Å². The van der Waals surface area contributed by atoms with Gasteiger partial charge in [-0.1, -0.05) is 60.3 Å². The van der Waals surface area contributed by atoms with Gasteiger partial charge < -0.3 is 21.3 Å². The van der Waals surface area contributed by atoms with Gasteiger partial charge in [0.2, 0.25) is 11.8 Å². The fourth-order valence-electron chi connectivity index (χ4n) is 5.82. The molecule has 0 radical (unpaired) electrons. The first-order valence-electron chi connectivity index (χ1n) is 14.1. The van der Waals surface area contributed by atoms with Crippen molar-refractivity contribution < 1.29 is 14.4 Å². The quantitative estimate of drug-likeness (QED) is 0.394. The SMILES string of the molecule is NCCC(=O)NC(Cc1ccc(Cl)cc1Cl)C(=O)N1CCN(C2CCCCC2CNC(=O)c2ccccc2)CC1. The topological polar surface area (TPSA) is 108 Å². The molecule has 8 nitrogen and oxygen atoms in total. The fraction of sp³-hybridized carbons (Fsp3) is 0.500. The summed E-state index contributed by atoms with van der Waals surface area (Å²) in [7, 11) is 0. The van der Waals surface area contributed by atoms with Gasteiger partial charge in [-0.3, -0.25) is 19.3 Å². The van der Waals surface area contributed by atoms with E-state index in [2.05, 4.69) is 15.5 Å². The van der Waals surface area contributed by atoms with Crippen molar-refractivity contribution in [1.29, 1.82) is 0 Å². The van der Waals surface area contributed by atoms with Gasteiger partial charge in [0.15, 0.2) is 0 Å². The third-order valence-electron chi connectivity index (χ3n) is 7.97. The van der Waals surface area contributed by atoms with Crippen molar-refractivity contribution in [3.8, 4) is 0 Å². The van der Waals surface area contributed by atoms with Crippen molar-refractivity contribution in [1.82, 2.24) is 20.4 Å². The lowest BCUT2D eigenvalue weighted by molar-refractivity contribution is -0.138. The lowest BCUT2D eigenvalue weighted by Gasteiger charge is -2.44. The molecule has 4 N–H and O–H groups in total. The minimum atomic E-state index is -0.736. The first kappa shape index (κ1) is 30.3. The average Bonchev–Trinajstić information content (AvgIpc) is 2.97. The zero-order chi connectivity index (χ0) is 28.5. The molecule has 1 aliphatic carbocycles. The van der Waals surface area contributed by atoms with E-state index in [-0.39, 0.29) is 37.1 Å². The van der Waals surface area contributed by atoms with Crippen LogP contribution in [0.1, 0.15) is 48.0 Å². The van der Waals surface area contributed by atoms with Crippen LogP contribution in [0.5, 0.6) is 0 Å². The first-order valence-corrected chi connectivity index (χ1v) is 14.9. The van der Waals surface area contributed by atoms with Gasteiger partial charge in [-0.2, -0.15) is 0 Å². The predicted octanol–water partition coefficient (Wildman–Crippen LogP) is 3.50. The number of rotatable bonds is 10. The molecule has 3 amide bonds. The number of amides is 3. The van der Waals surface area contributed by atoms with Crippen molar-refractivity contribution in [2.75, 3.05) is 39.3 Å². The Hall–Kier alpha value is -2.65. The molecule has 4 rings (SSSR count). The lowest BCUT2D eigenvalue weighted by Crippen LogP contribution is -2.58. The molecule has 2 aliphatic rings. The van der Waals surface area contributed by atoms with Crippen LogP contribution in [0.2, 0.25) is 10.0 Å². The van der Waals surface area contributed by atoms with Crippen molar-refractivity contribution in [2.24, 2.45) is 11.7 Å². The number of hydrogen-bond donors (Lipinski definition) is 3. The summed E-state index contributed by atoms with van der Waals surface area (Å²) in [5.74, 6) is -0.0404. The molecule has 0 spiro atoms. The van der Waals surface area contributed by atoms with E-state index in [9.17, 15) is 14.4 Å². The van der Waals surface area contributed by atoms with Gasteiger partial charge in [0.05, 0.1) is 0 Å². The number of piperazine rings is 1. The highest BCUT2D eigenvalue weighted by Crippen LogP contribution is 2.29. The number of hydrogen-bond acceptors (Lipinski definition) is 5. The minimum Gasteiger partial charge on any atom is -0.352 e. The first-order chi connectivity index (χ1) is 19.4. The second-order valence-corrected chi connectivity index (χ2v) is 11.5. The monoisotopic (exact) mass is 587 g/mol. The zero-order valence-electron chi connectivity index (χ0n) is 22.8. The van der Waals surface area contributed by atoms with Crippen molar-refractivity contribution in [3.63, 3.8) is 0 Å². The van der Waals surface area contributed by atoms with E-state index in [1.807, 2.05) is 35.2 Å². The molecule has 2 aromatic rings. The summed E-state index contributed by atoms with van der Waals surface area (Å²) in [6.07, 6.45) is 4.93. The van der Waals surface area contributed by atoms with E-state index in [0.717, 1.165) is 37.9 Å². The number of nitrogens with one attached hydrogen (secondary N) is 2. The Morgan fingerprint density at radius 2 is 1.70 bits per heavy atom. The van der Waals surface area contributed by atoms with E-state index in [0.29, 0.717) is 47.2 Å². The van der Waals surface area contributed by atoms with Crippen LogP contribution in [0.4, 0.5) is 0 Å². The van der Waals surface area contributed by atoms with Crippen LogP contribution in [-0.4, -0.2) is 78.9 Å². The second kappa shape index (κ2) is 14.8. The van der Waals surface area contributed by atoms with Gasteiger partial charge in [0.1, 0.15) is 6.04 Å². The smallest absolute Gasteiger partial charge is 0.251 e. The number of nitrogens with two attached hydrogens (primary N) is 1. The molecule has 0 aromatic heterocycles. The number of carbonyl (C=O) groups is 3. The molecule has 1 aliphatic heterocycles. The van der Waals surface area contributed by atoms with Gasteiger partial charge in [0.25, 0.3) is 5.91 Å². The third kappa shape index (κ3) is 8.19. The number of nitrogens with zero attached hydrogens (tertiary/aromatic N) is 2. The summed E-state index contributed by atoms with van der Waals surface area (Å²) in [5, 5.41) is 6.99. The van der Waals surface area contributed by atoms with Gasteiger partial charge in [-0.15, -0.1) is 0 Å². The van der Waals surface area contributed by atoms with Crippen LogP contribution in [0.3, 0.4) is 0 Å². The van der Waals surface area contributed by atoms with Crippen molar-refractivity contribution in [3.05, 3.63) is 69.7 Å². The number of carbonyl (C=O) groups excluding carboxylic acids is 3. The van der Waals surface area contributed by atoms with E-state index in [1.54, 1.807) is 18.2 Å². The van der Waals surface area contributed by atoms with Crippen LogP contribution >= 0.6 is 23.2 Å². The predicted molar refractivity (Wildman–Crippen MR) is 158 cm³/mol. The number of benzene rings is 2. The Kier molecular flexibility index (Phi) is 11.2. The van der Waals surface area contributed by atoms with Gasteiger partial charge in [-0.25, -0.2) is 0 Å².